The van der Waals surface area contributed by atoms with Crippen molar-refractivity contribution in [1.82, 2.24) is 4.90 Å². The first-order valence-corrected chi connectivity index (χ1v) is 6.52. The van der Waals surface area contributed by atoms with Crippen LogP contribution < -0.4 is 0 Å². The van der Waals surface area contributed by atoms with Crippen molar-refractivity contribution in [3.8, 4) is 0 Å². The Morgan fingerprint density at radius 2 is 1.76 bits per heavy atom. The Morgan fingerprint density at radius 1 is 1.18 bits per heavy atom. The molecule has 0 N–H and O–H groups in total. The number of hydrogen-bond acceptors (Lipinski definition) is 1. The minimum Gasteiger partial charge on any atom is -0.300 e. The van der Waals surface area contributed by atoms with Crippen LogP contribution in [0, 0.1) is 6.92 Å². The predicted octanol–water partition coefficient (Wildman–Crippen LogP) is 4.13. The lowest BCUT2D eigenvalue weighted by molar-refractivity contribution is 0.265. The third-order valence-corrected chi connectivity index (χ3v) is 3.51. The van der Waals surface area contributed by atoms with Crippen LogP contribution in [-0.4, -0.2) is 18.0 Å². The minimum atomic E-state index is 0.243. The summed E-state index contributed by atoms with van der Waals surface area (Å²) in [6.45, 7) is 14.5. The Bertz CT molecular complexity index is 372. The number of aryl methyl sites for hydroxylation is 1. The van der Waals surface area contributed by atoms with Gasteiger partial charge in [-0.15, -0.1) is 0 Å². The van der Waals surface area contributed by atoms with Crippen LogP contribution in [0.4, 0.5) is 0 Å². The van der Waals surface area contributed by atoms with E-state index in [0.717, 1.165) is 6.54 Å². The summed E-state index contributed by atoms with van der Waals surface area (Å²) >= 11 is 0. The van der Waals surface area contributed by atoms with Gasteiger partial charge in [0.15, 0.2) is 0 Å². The zero-order chi connectivity index (χ0) is 13.2. The highest BCUT2D eigenvalue weighted by molar-refractivity contribution is 5.34. The number of nitrogens with zero attached hydrogens (tertiary/aromatic N) is 1. The largest absolute Gasteiger partial charge is 0.300 e. The zero-order valence-electron chi connectivity index (χ0n) is 12.5. The highest BCUT2D eigenvalue weighted by Crippen LogP contribution is 2.24. The molecule has 0 aliphatic rings. The molecule has 0 heterocycles. The molecule has 17 heavy (non-hydrogen) atoms. The first-order chi connectivity index (χ1) is 7.71. The average molecular weight is 233 g/mol. The molecule has 0 fully saturated rings. The van der Waals surface area contributed by atoms with E-state index in [1.165, 1.54) is 16.7 Å². The Labute approximate surface area is 107 Å². The molecule has 0 unspecified atom stereocenters. The van der Waals surface area contributed by atoms with E-state index in [4.69, 9.17) is 0 Å². The maximum Gasteiger partial charge on any atom is 0.0236 e. The molecule has 0 amide bonds. The van der Waals surface area contributed by atoms with E-state index < -0.39 is 0 Å². The topological polar surface area (TPSA) is 3.24 Å². The second kappa shape index (κ2) is 5.22. The summed E-state index contributed by atoms with van der Waals surface area (Å²) in [6, 6.07) is 7.49. The van der Waals surface area contributed by atoms with Gasteiger partial charge in [0.1, 0.15) is 0 Å². The third-order valence-electron chi connectivity index (χ3n) is 3.51. The predicted molar refractivity (Wildman–Crippen MR) is 76.5 cm³/mol. The fourth-order valence-corrected chi connectivity index (χ4v) is 1.79. The van der Waals surface area contributed by atoms with Crippen LogP contribution >= 0.6 is 0 Å². The van der Waals surface area contributed by atoms with Crippen molar-refractivity contribution in [2.75, 3.05) is 7.05 Å². The minimum absolute atomic E-state index is 0.243. The molecule has 1 rings (SSSR count). The summed E-state index contributed by atoms with van der Waals surface area (Å²) in [5.41, 5.74) is 4.51. The first-order valence-electron chi connectivity index (χ1n) is 6.52. The van der Waals surface area contributed by atoms with E-state index in [0.29, 0.717) is 6.04 Å². The summed E-state index contributed by atoms with van der Waals surface area (Å²) in [7, 11) is 2.18. The fraction of sp³-hybridized carbons (Fsp3) is 0.625. The van der Waals surface area contributed by atoms with Gasteiger partial charge in [0, 0.05) is 12.6 Å². The van der Waals surface area contributed by atoms with Gasteiger partial charge in [-0.2, -0.15) is 0 Å². The van der Waals surface area contributed by atoms with Gasteiger partial charge < -0.3 is 0 Å². The third kappa shape index (κ3) is 3.85. The molecule has 0 aromatic heterocycles. The van der Waals surface area contributed by atoms with Crippen LogP contribution in [0.25, 0.3) is 0 Å². The van der Waals surface area contributed by atoms with Gasteiger partial charge in [-0.25, -0.2) is 0 Å². The number of hydrogen-bond donors (Lipinski definition) is 0. The monoisotopic (exact) mass is 233 g/mol. The summed E-state index contributed by atoms with van der Waals surface area (Å²) in [6.07, 6.45) is 0. The lowest BCUT2D eigenvalue weighted by Crippen LogP contribution is -2.26. The SMILES string of the molecule is Cc1cc(C(C)(C)C)ccc1CN(C)C(C)C. The van der Waals surface area contributed by atoms with Gasteiger partial charge in [0.2, 0.25) is 0 Å². The lowest BCUT2D eigenvalue weighted by Gasteiger charge is -2.24. The molecule has 0 saturated carbocycles. The van der Waals surface area contributed by atoms with Gasteiger partial charge in [0.25, 0.3) is 0 Å². The molecule has 96 valence electrons. The molecule has 0 aliphatic carbocycles. The summed E-state index contributed by atoms with van der Waals surface area (Å²) in [5, 5.41) is 0. The van der Waals surface area contributed by atoms with Crippen LogP contribution in [0.1, 0.15) is 51.3 Å². The second-order valence-electron chi connectivity index (χ2n) is 6.40. The van der Waals surface area contributed by atoms with Gasteiger partial charge in [0.05, 0.1) is 0 Å². The molecule has 0 radical (unpaired) electrons. The highest BCUT2D eigenvalue weighted by atomic mass is 15.1. The Hall–Kier alpha value is -0.820. The normalized spacial score (nSPS) is 12.5. The standard InChI is InChI=1S/C16H27N/c1-12(2)17(7)11-14-8-9-15(10-13(14)3)16(4,5)6/h8-10,12H,11H2,1-7H3. The molecule has 1 nitrogen and oxygen atoms in total. The second-order valence-corrected chi connectivity index (χ2v) is 6.40. The molecule has 0 saturated heterocycles. The smallest absolute Gasteiger partial charge is 0.0236 e. The first kappa shape index (κ1) is 14.2. The number of benzene rings is 1. The van der Waals surface area contributed by atoms with Crippen molar-refractivity contribution >= 4 is 0 Å². The van der Waals surface area contributed by atoms with Crippen LogP contribution in [-0.2, 0) is 12.0 Å². The average Bonchev–Trinajstić information content (AvgIpc) is 2.19. The van der Waals surface area contributed by atoms with Crippen molar-refractivity contribution in [3.05, 3.63) is 34.9 Å². The van der Waals surface area contributed by atoms with E-state index in [1.807, 2.05) is 0 Å². The van der Waals surface area contributed by atoms with E-state index >= 15 is 0 Å². The lowest BCUT2D eigenvalue weighted by atomic mass is 9.85. The van der Waals surface area contributed by atoms with Crippen molar-refractivity contribution in [2.24, 2.45) is 0 Å². The molecular weight excluding hydrogens is 206 g/mol. The quantitative estimate of drug-likeness (QED) is 0.758. The maximum absolute atomic E-state index is 2.37. The van der Waals surface area contributed by atoms with Crippen molar-refractivity contribution in [2.45, 2.75) is 59.5 Å². The van der Waals surface area contributed by atoms with Crippen LogP contribution in [0.5, 0.6) is 0 Å². The molecule has 1 aromatic carbocycles. The van der Waals surface area contributed by atoms with Crippen molar-refractivity contribution < 1.29 is 0 Å². The molecule has 0 atom stereocenters. The van der Waals surface area contributed by atoms with Crippen molar-refractivity contribution in [1.29, 1.82) is 0 Å². The van der Waals surface area contributed by atoms with E-state index in [1.54, 1.807) is 0 Å². The van der Waals surface area contributed by atoms with E-state index in [-0.39, 0.29) is 5.41 Å². The summed E-state index contributed by atoms with van der Waals surface area (Å²) < 4.78 is 0. The Morgan fingerprint density at radius 3 is 2.18 bits per heavy atom. The molecule has 1 aromatic rings. The maximum atomic E-state index is 2.37. The Kier molecular flexibility index (Phi) is 4.37. The van der Waals surface area contributed by atoms with Crippen LogP contribution in [0.3, 0.4) is 0 Å². The summed E-state index contributed by atoms with van der Waals surface area (Å²) in [5.74, 6) is 0. The molecule has 1 heteroatoms. The highest BCUT2D eigenvalue weighted by Gasteiger charge is 2.15. The van der Waals surface area contributed by atoms with Gasteiger partial charge in [-0.3, -0.25) is 4.90 Å². The van der Waals surface area contributed by atoms with Crippen LogP contribution in [0.15, 0.2) is 18.2 Å². The van der Waals surface area contributed by atoms with Gasteiger partial charge >= 0.3 is 0 Å². The fourth-order valence-electron chi connectivity index (χ4n) is 1.79. The van der Waals surface area contributed by atoms with Crippen molar-refractivity contribution in [3.63, 3.8) is 0 Å². The number of rotatable bonds is 3. The summed E-state index contributed by atoms with van der Waals surface area (Å²) in [4.78, 5) is 2.37. The van der Waals surface area contributed by atoms with E-state index in [9.17, 15) is 0 Å². The van der Waals surface area contributed by atoms with Gasteiger partial charge in [-0.1, -0.05) is 39.0 Å². The zero-order valence-corrected chi connectivity index (χ0v) is 12.5. The Balaban J connectivity index is 2.91. The van der Waals surface area contributed by atoms with Gasteiger partial charge in [-0.05, 0) is 49.9 Å². The van der Waals surface area contributed by atoms with Crippen LogP contribution in [0.2, 0.25) is 0 Å². The van der Waals surface area contributed by atoms with E-state index in [2.05, 4.69) is 71.7 Å². The molecule has 0 aliphatic heterocycles. The molecule has 0 spiro atoms. The molecular formula is C16H27N. The molecule has 0 bridgehead atoms.